The largest absolute Gasteiger partial charge is 0.495 e. The third kappa shape index (κ3) is 4.53. The first-order chi connectivity index (χ1) is 6.36. The second kappa shape index (κ2) is 5.60. The van der Waals surface area contributed by atoms with Gasteiger partial charge in [0.15, 0.2) is 0 Å². The van der Waals surface area contributed by atoms with Crippen LogP contribution in [0, 0.1) is 0 Å². The Labute approximate surface area is 79.5 Å². The minimum absolute atomic E-state index is 0.318. The van der Waals surface area contributed by atoms with Crippen LogP contribution in [0.1, 0.15) is 13.3 Å². The third-order valence-corrected chi connectivity index (χ3v) is 1.68. The third-order valence-electron chi connectivity index (χ3n) is 1.68. The van der Waals surface area contributed by atoms with Crippen LogP contribution in [0.3, 0.4) is 0 Å². The number of epoxide rings is 1. The van der Waals surface area contributed by atoms with Crippen molar-refractivity contribution < 1.29 is 9.47 Å². The Bertz CT molecular complexity index is 212. The molecule has 13 heavy (non-hydrogen) atoms. The van der Waals surface area contributed by atoms with Crippen molar-refractivity contribution in [3.05, 3.63) is 36.6 Å². The van der Waals surface area contributed by atoms with Crippen molar-refractivity contribution in [3.8, 4) is 0 Å². The van der Waals surface area contributed by atoms with E-state index in [0.29, 0.717) is 12.7 Å². The van der Waals surface area contributed by atoms with E-state index in [4.69, 9.17) is 9.47 Å². The summed E-state index contributed by atoms with van der Waals surface area (Å²) in [5, 5.41) is 0. The molecule has 2 heteroatoms. The van der Waals surface area contributed by atoms with E-state index in [1.807, 2.05) is 31.2 Å². The monoisotopic (exact) mass is 180 g/mol. The molecular weight excluding hydrogens is 164 g/mol. The van der Waals surface area contributed by atoms with Gasteiger partial charge in [0, 0.05) is 6.42 Å². The highest BCUT2D eigenvalue weighted by molar-refractivity contribution is 5.09. The summed E-state index contributed by atoms with van der Waals surface area (Å²) >= 11 is 0. The summed E-state index contributed by atoms with van der Waals surface area (Å²) in [4.78, 5) is 0. The van der Waals surface area contributed by atoms with Gasteiger partial charge in [-0.2, -0.15) is 0 Å². The van der Waals surface area contributed by atoms with Crippen molar-refractivity contribution in [2.45, 2.75) is 19.4 Å². The molecule has 1 unspecified atom stereocenters. The first kappa shape index (κ1) is 10.1. The van der Waals surface area contributed by atoms with Crippen LogP contribution < -0.4 is 0 Å². The van der Waals surface area contributed by atoms with Gasteiger partial charge in [-0.25, -0.2) is 0 Å². The summed E-state index contributed by atoms with van der Waals surface area (Å²) in [7, 11) is 0. The maximum absolute atomic E-state index is 5.52. The SMILES string of the molecule is C=CC/C(=C\C=C/C)OCC1CO1. The highest BCUT2D eigenvalue weighted by atomic mass is 16.6. The lowest BCUT2D eigenvalue weighted by Gasteiger charge is -2.05. The summed E-state index contributed by atoms with van der Waals surface area (Å²) in [6.07, 6.45) is 8.83. The van der Waals surface area contributed by atoms with Gasteiger partial charge < -0.3 is 9.47 Å². The second-order valence-corrected chi connectivity index (χ2v) is 2.92. The zero-order valence-corrected chi connectivity index (χ0v) is 8.03. The average molecular weight is 180 g/mol. The predicted molar refractivity (Wildman–Crippen MR) is 53.4 cm³/mol. The van der Waals surface area contributed by atoms with Gasteiger partial charge in [0.05, 0.1) is 12.4 Å². The van der Waals surface area contributed by atoms with Gasteiger partial charge in [0.1, 0.15) is 12.7 Å². The van der Waals surface area contributed by atoms with Crippen molar-refractivity contribution >= 4 is 0 Å². The Hall–Kier alpha value is -1.02. The van der Waals surface area contributed by atoms with Crippen molar-refractivity contribution in [2.75, 3.05) is 13.2 Å². The van der Waals surface area contributed by atoms with E-state index in [1.165, 1.54) is 0 Å². The van der Waals surface area contributed by atoms with E-state index >= 15 is 0 Å². The van der Waals surface area contributed by atoms with Gasteiger partial charge in [-0.1, -0.05) is 18.2 Å². The molecule has 1 rings (SSSR count). The van der Waals surface area contributed by atoms with Crippen molar-refractivity contribution in [2.24, 2.45) is 0 Å². The predicted octanol–water partition coefficient (Wildman–Crippen LogP) is 2.44. The lowest BCUT2D eigenvalue weighted by Crippen LogP contribution is -2.00. The molecule has 0 spiro atoms. The summed E-state index contributed by atoms with van der Waals surface area (Å²) in [6, 6.07) is 0. The molecule has 0 N–H and O–H groups in total. The molecule has 1 saturated heterocycles. The molecule has 72 valence electrons. The number of ether oxygens (including phenoxy) is 2. The quantitative estimate of drug-likeness (QED) is 0.271. The molecule has 2 nitrogen and oxygen atoms in total. The van der Waals surface area contributed by atoms with Gasteiger partial charge >= 0.3 is 0 Å². The number of hydrogen-bond acceptors (Lipinski definition) is 2. The van der Waals surface area contributed by atoms with Crippen LogP contribution in [0.25, 0.3) is 0 Å². The van der Waals surface area contributed by atoms with Gasteiger partial charge in [0.25, 0.3) is 0 Å². The fourth-order valence-corrected chi connectivity index (χ4v) is 0.885. The summed E-state index contributed by atoms with van der Waals surface area (Å²) < 4.78 is 10.6. The van der Waals surface area contributed by atoms with Crippen molar-refractivity contribution in [3.63, 3.8) is 0 Å². The first-order valence-electron chi connectivity index (χ1n) is 4.54. The second-order valence-electron chi connectivity index (χ2n) is 2.92. The van der Waals surface area contributed by atoms with Gasteiger partial charge in [0.2, 0.25) is 0 Å². The molecular formula is C11H16O2. The lowest BCUT2D eigenvalue weighted by atomic mass is 10.3. The number of hydrogen-bond donors (Lipinski definition) is 0. The average Bonchev–Trinajstić information content (AvgIpc) is 2.93. The molecule has 0 radical (unpaired) electrons. The standard InChI is InChI=1S/C11H16O2/c1-3-5-7-10(6-4-2)12-8-11-9-13-11/h3-5,7,11H,2,6,8-9H2,1H3/b5-3-,10-7+. The Balaban J connectivity index is 2.30. The van der Waals surface area contributed by atoms with Gasteiger partial charge in [-0.15, -0.1) is 6.58 Å². The van der Waals surface area contributed by atoms with Crippen LogP contribution >= 0.6 is 0 Å². The summed E-state index contributed by atoms with van der Waals surface area (Å²) in [6.45, 7) is 7.16. The van der Waals surface area contributed by atoms with Gasteiger partial charge in [-0.3, -0.25) is 0 Å². The minimum atomic E-state index is 0.318. The van der Waals surface area contributed by atoms with E-state index in [-0.39, 0.29) is 0 Å². The summed E-state index contributed by atoms with van der Waals surface area (Å²) in [5.74, 6) is 0.948. The fraction of sp³-hybridized carbons (Fsp3) is 0.455. The number of allylic oxidation sites excluding steroid dienone is 4. The maximum atomic E-state index is 5.52. The van der Waals surface area contributed by atoms with E-state index in [1.54, 1.807) is 0 Å². The van der Waals surface area contributed by atoms with Crippen LogP contribution in [-0.2, 0) is 9.47 Å². The van der Waals surface area contributed by atoms with Crippen LogP contribution in [0.15, 0.2) is 36.6 Å². The fourth-order valence-electron chi connectivity index (χ4n) is 0.885. The van der Waals surface area contributed by atoms with Gasteiger partial charge in [-0.05, 0) is 13.0 Å². The molecule has 0 saturated carbocycles. The highest BCUT2D eigenvalue weighted by Gasteiger charge is 2.23. The molecule has 1 aliphatic rings. The van der Waals surface area contributed by atoms with Crippen LogP contribution in [0.2, 0.25) is 0 Å². The molecule has 1 atom stereocenters. The van der Waals surface area contributed by atoms with Crippen molar-refractivity contribution in [1.29, 1.82) is 0 Å². The molecule has 0 aliphatic carbocycles. The normalized spacial score (nSPS) is 21.9. The van der Waals surface area contributed by atoms with Crippen LogP contribution in [0.5, 0.6) is 0 Å². The van der Waals surface area contributed by atoms with E-state index < -0.39 is 0 Å². The molecule has 1 fully saturated rings. The molecule has 0 bridgehead atoms. The number of rotatable bonds is 6. The Kier molecular flexibility index (Phi) is 4.33. The molecule has 0 aromatic carbocycles. The molecule has 0 aromatic heterocycles. The Morgan fingerprint density at radius 1 is 1.69 bits per heavy atom. The topological polar surface area (TPSA) is 21.8 Å². The minimum Gasteiger partial charge on any atom is -0.495 e. The van der Waals surface area contributed by atoms with E-state index in [0.717, 1.165) is 18.8 Å². The summed E-state index contributed by atoms with van der Waals surface area (Å²) in [5.41, 5.74) is 0. The zero-order chi connectivity index (χ0) is 9.52. The Morgan fingerprint density at radius 3 is 3.00 bits per heavy atom. The maximum Gasteiger partial charge on any atom is 0.116 e. The molecule has 1 heterocycles. The zero-order valence-electron chi connectivity index (χ0n) is 8.03. The highest BCUT2D eigenvalue weighted by Crippen LogP contribution is 2.13. The lowest BCUT2D eigenvalue weighted by molar-refractivity contribution is 0.179. The molecule has 0 aromatic rings. The van der Waals surface area contributed by atoms with Crippen LogP contribution in [0.4, 0.5) is 0 Å². The van der Waals surface area contributed by atoms with E-state index in [2.05, 4.69) is 6.58 Å². The first-order valence-corrected chi connectivity index (χ1v) is 4.54. The Morgan fingerprint density at radius 2 is 2.46 bits per heavy atom. The van der Waals surface area contributed by atoms with Crippen LogP contribution in [-0.4, -0.2) is 19.3 Å². The van der Waals surface area contributed by atoms with E-state index in [9.17, 15) is 0 Å². The molecule has 0 amide bonds. The molecule has 1 aliphatic heterocycles. The van der Waals surface area contributed by atoms with Crippen molar-refractivity contribution in [1.82, 2.24) is 0 Å². The smallest absolute Gasteiger partial charge is 0.116 e.